The van der Waals surface area contributed by atoms with E-state index in [1.807, 2.05) is 42.5 Å². The molecule has 0 spiro atoms. The Morgan fingerprint density at radius 1 is 0.931 bits per heavy atom. The fraction of sp³-hybridized carbons (Fsp3) is 0.0909. The second-order valence-electron chi connectivity index (χ2n) is 5.95. The van der Waals surface area contributed by atoms with Crippen LogP contribution in [-0.2, 0) is 19.1 Å². The minimum atomic E-state index is -0.719. The smallest absolute Gasteiger partial charge is 0.354 e. The van der Waals surface area contributed by atoms with Crippen molar-refractivity contribution in [3.05, 3.63) is 77.5 Å². The number of ether oxygens (including phenoxy) is 3. The van der Waals surface area contributed by atoms with E-state index in [-0.39, 0.29) is 5.70 Å². The van der Waals surface area contributed by atoms with Gasteiger partial charge in [-0.1, -0.05) is 41.9 Å². The summed E-state index contributed by atoms with van der Waals surface area (Å²) < 4.78 is 15.1. The number of nitrogens with one attached hydrogen (secondary N) is 1. The van der Waals surface area contributed by atoms with Crippen LogP contribution >= 0.6 is 11.6 Å². The predicted molar refractivity (Wildman–Crippen MR) is 111 cm³/mol. The molecule has 1 N–H and O–H groups in total. The van der Waals surface area contributed by atoms with E-state index in [0.29, 0.717) is 22.2 Å². The molecule has 0 radical (unpaired) electrons. The molecule has 0 aliphatic carbocycles. The molecule has 0 amide bonds. The van der Waals surface area contributed by atoms with E-state index in [1.165, 1.54) is 14.2 Å². The topological polar surface area (TPSA) is 73.9 Å². The molecular weight excluding hydrogens is 394 g/mol. The number of carbonyl (C=O) groups excluding carboxylic acids is 2. The van der Waals surface area contributed by atoms with E-state index < -0.39 is 11.9 Å². The van der Waals surface area contributed by atoms with Crippen molar-refractivity contribution in [1.82, 2.24) is 0 Å². The Hall–Kier alpha value is -3.51. The first-order valence-corrected chi connectivity index (χ1v) is 8.99. The second-order valence-corrected chi connectivity index (χ2v) is 6.36. The quantitative estimate of drug-likeness (QED) is 0.458. The number of carbonyl (C=O) groups is 2. The number of anilines is 1. The maximum absolute atomic E-state index is 11.8. The van der Waals surface area contributed by atoms with Crippen LogP contribution in [0.4, 0.5) is 5.69 Å². The Labute approximate surface area is 172 Å². The molecule has 148 valence electrons. The third kappa shape index (κ3) is 5.06. The van der Waals surface area contributed by atoms with Crippen LogP contribution in [0.2, 0.25) is 5.02 Å². The molecule has 0 aliphatic rings. The highest BCUT2D eigenvalue weighted by atomic mass is 35.5. The van der Waals surface area contributed by atoms with Gasteiger partial charge in [0.1, 0.15) is 17.2 Å². The van der Waals surface area contributed by atoms with Gasteiger partial charge in [-0.3, -0.25) is 0 Å². The lowest BCUT2D eigenvalue weighted by Gasteiger charge is -2.12. The molecule has 0 saturated carbocycles. The fourth-order valence-electron chi connectivity index (χ4n) is 2.61. The third-order valence-electron chi connectivity index (χ3n) is 4.03. The lowest BCUT2D eigenvalue weighted by atomic mass is 10.1. The van der Waals surface area contributed by atoms with Gasteiger partial charge in [0.05, 0.1) is 25.3 Å². The van der Waals surface area contributed by atoms with Crippen LogP contribution in [-0.4, -0.2) is 26.2 Å². The molecule has 7 heteroatoms. The van der Waals surface area contributed by atoms with Gasteiger partial charge < -0.3 is 19.5 Å². The molecule has 0 saturated heterocycles. The van der Waals surface area contributed by atoms with Crippen molar-refractivity contribution in [1.29, 1.82) is 0 Å². The van der Waals surface area contributed by atoms with E-state index in [4.69, 9.17) is 16.3 Å². The standard InChI is InChI=1S/C22H18ClNO5/c1-27-21(25)13-19(22(26)28-2)24-16-8-10-20(18(23)12-16)29-17-9-7-14-5-3-4-6-15(14)11-17/h3-13,24H,1-2H3/b19-13+. The van der Waals surface area contributed by atoms with Crippen LogP contribution < -0.4 is 10.1 Å². The Balaban J connectivity index is 1.80. The van der Waals surface area contributed by atoms with E-state index >= 15 is 0 Å². The zero-order valence-corrected chi connectivity index (χ0v) is 16.5. The lowest BCUT2D eigenvalue weighted by Crippen LogP contribution is -2.15. The average Bonchev–Trinajstić information content (AvgIpc) is 2.74. The molecule has 6 nitrogen and oxygen atoms in total. The van der Waals surface area contributed by atoms with Crippen molar-refractivity contribution in [2.45, 2.75) is 0 Å². The lowest BCUT2D eigenvalue weighted by molar-refractivity contribution is -0.138. The first-order valence-electron chi connectivity index (χ1n) is 8.61. The molecule has 3 aromatic carbocycles. The first-order chi connectivity index (χ1) is 14.0. The largest absolute Gasteiger partial charge is 0.466 e. The van der Waals surface area contributed by atoms with E-state index in [0.717, 1.165) is 16.8 Å². The second kappa shape index (κ2) is 9.12. The van der Waals surface area contributed by atoms with Crippen molar-refractivity contribution < 1.29 is 23.8 Å². The van der Waals surface area contributed by atoms with Crippen LogP contribution in [0.15, 0.2) is 72.4 Å². The first kappa shape index (κ1) is 20.2. The van der Waals surface area contributed by atoms with Gasteiger partial charge in [-0.05, 0) is 41.1 Å². The maximum Gasteiger partial charge on any atom is 0.354 e. The Kier molecular flexibility index (Phi) is 6.36. The summed E-state index contributed by atoms with van der Waals surface area (Å²) in [6.07, 6.45) is 0.999. The summed E-state index contributed by atoms with van der Waals surface area (Å²) in [6, 6.07) is 18.6. The number of esters is 2. The minimum Gasteiger partial charge on any atom is -0.466 e. The SMILES string of the molecule is COC(=O)/C=C(/Nc1ccc(Oc2ccc3ccccc3c2)c(Cl)c1)C(=O)OC. The zero-order valence-electron chi connectivity index (χ0n) is 15.8. The molecule has 0 fully saturated rings. The Bertz CT molecular complexity index is 1090. The molecule has 0 aromatic heterocycles. The number of benzene rings is 3. The molecule has 0 heterocycles. The molecular formula is C22H18ClNO5. The summed E-state index contributed by atoms with van der Waals surface area (Å²) in [5.41, 5.74) is 0.389. The van der Waals surface area contributed by atoms with Gasteiger partial charge in [-0.15, -0.1) is 0 Å². The monoisotopic (exact) mass is 411 g/mol. The number of hydrogen-bond donors (Lipinski definition) is 1. The van der Waals surface area contributed by atoms with Gasteiger partial charge in [0.2, 0.25) is 0 Å². The Morgan fingerprint density at radius 2 is 1.69 bits per heavy atom. The van der Waals surface area contributed by atoms with Crippen LogP contribution in [0.5, 0.6) is 11.5 Å². The number of hydrogen-bond acceptors (Lipinski definition) is 6. The van der Waals surface area contributed by atoms with Gasteiger partial charge in [0, 0.05) is 5.69 Å². The van der Waals surface area contributed by atoms with Crippen LogP contribution in [0.1, 0.15) is 0 Å². The number of halogens is 1. The average molecular weight is 412 g/mol. The molecule has 3 aromatic rings. The van der Waals surface area contributed by atoms with E-state index in [9.17, 15) is 9.59 Å². The highest BCUT2D eigenvalue weighted by molar-refractivity contribution is 6.32. The number of rotatable bonds is 6. The zero-order chi connectivity index (χ0) is 20.8. The van der Waals surface area contributed by atoms with Gasteiger partial charge in [0.25, 0.3) is 0 Å². The molecule has 0 bridgehead atoms. The van der Waals surface area contributed by atoms with Crippen LogP contribution in [0, 0.1) is 0 Å². The molecule has 0 unspecified atom stereocenters. The number of methoxy groups -OCH3 is 2. The van der Waals surface area contributed by atoms with Gasteiger partial charge in [0.15, 0.2) is 0 Å². The fourth-order valence-corrected chi connectivity index (χ4v) is 2.83. The van der Waals surface area contributed by atoms with Crippen LogP contribution in [0.25, 0.3) is 10.8 Å². The summed E-state index contributed by atoms with van der Waals surface area (Å²) in [5.74, 6) is -0.320. The van der Waals surface area contributed by atoms with Crippen molar-refractivity contribution in [3.8, 4) is 11.5 Å². The highest BCUT2D eigenvalue weighted by Gasteiger charge is 2.14. The third-order valence-corrected chi connectivity index (χ3v) is 4.32. The molecule has 3 rings (SSSR count). The van der Waals surface area contributed by atoms with Crippen molar-refractivity contribution in [2.75, 3.05) is 19.5 Å². The van der Waals surface area contributed by atoms with Crippen molar-refractivity contribution in [3.63, 3.8) is 0 Å². The van der Waals surface area contributed by atoms with Crippen LogP contribution in [0.3, 0.4) is 0 Å². The van der Waals surface area contributed by atoms with Gasteiger partial charge in [-0.2, -0.15) is 0 Å². The summed E-state index contributed by atoms with van der Waals surface area (Å²) in [4.78, 5) is 23.3. The Morgan fingerprint density at radius 3 is 2.38 bits per heavy atom. The summed E-state index contributed by atoms with van der Waals surface area (Å²) >= 11 is 6.34. The maximum atomic E-state index is 11.8. The normalized spacial score (nSPS) is 11.1. The summed E-state index contributed by atoms with van der Waals surface area (Å²) in [5, 5.41) is 5.28. The molecule has 29 heavy (non-hydrogen) atoms. The van der Waals surface area contributed by atoms with Gasteiger partial charge >= 0.3 is 11.9 Å². The summed E-state index contributed by atoms with van der Waals surface area (Å²) in [7, 11) is 2.42. The van der Waals surface area contributed by atoms with Gasteiger partial charge in [-0.25, -0.2) is 9.59 Å². The molecule has 0 atom stereocenters. The summed E-state index contributed by atoms with van der Waals surface area (Å²) in [6.45, 7) is 0. The van der Waals surface area contributed by atoms with Crippen molar-refractivity contribution >= 4 is 40.0 Å². The van der Waals surface area contributed by atoms with E-state index in [2.05, 4.69) is 14.8 Å². The number of fused-ring (bicyclic) bond motifs is 1. The minimum absolute atomic E-state index is 0.0846. The van der Waals surface area contributed by atoms with E-state index in [1.54, 1.807) is 18.2 Å². The highest BCUT2D eigenvalue weighted by Crippen LogP contribution is 2.33. The molecule has 0 aliphatic heterocycles. The predicted octanol–water partition coefficient (Wildman–Crippen LogP) is 4.93. The van der Waals surface area contributed by atoms with Crippen molar-refractivity contribution in [2.24, 2.45) is 0 Å².